The largest absolute Gasteiger partial charge is 0.431 e. The Kier molecular flexibility index (Phi) is 10.3. The van der Waals surface area contributed by atoms with Gasteiger partial charge in [-0.1, -0.05) is 116 Å². The van der Waals surface area contributed by atoms with E-state index in [1.165, 1.54) is 12.7 Å². The second kappa shape index (κ2) is 15.0. The Morgan fingerprint density at radius 2 is 1.39 bits per heavy atom. The molecule has 1 aliphatic heterocycles. The molecule has 0 spiro atoms. The van der Waals surface area contributed by atoms with Crippen LogP contribution < -0.4 is 25.5 Å². The average Bonchev–Trinajstić information content (AvgIpc) is 3.71. The van der Waals surface area contributed by atoms with Gasteiger partial charge in [0.25, 0.3) is 0 Å². The second-order valence-corrected chi connectivity index (χ2v) is 17.7. The molecule has 0 radical (unpaired) electrons. The topological polar surface area (TPSA) is 113 Å². The van der Waals surface area contributed by atoms with Gasteiger partial charge in [0, 0.05) is 27.9 Å². The van der Waals surface area contributed by atoms with Gasteiger partial charge >= 0.3 is 7.52 Å². The van der Waals surface area contributed by atoms with Gasteiger partial charge in [-0.05, 0) is 26.0 Å². The molecule has 4 unspecified atom stereocenters. The molecule has 2 aromatic heterocycles. The van der Waals surface area contributed by atoms with Crippen LogP contribution in [0.5, 0.6) is 5.75 Å². The van der Waals surface area contributed by atoms with Crippen molar-refractivity contribution in [2.75, 3.05) is 6.35 Å². The first-order valence-corrected chi connectivity index (χ1v) is 20.3. The molecule has 0 aliphatic carbocycles. The zero-order valence-corrected chi connectivity index (χ0v) is 30.2. The fraction of sp³-hybridized carbons (Fsp3) is 0.237. The Hall–Kier alpha value is -4.50. The van der Waals surface area contributed by atoms with Gasteiger partial charge in [-0.15, -0.1) is 0 Å². The number of halogens is 1. The van der Waals surface area contributed by atoms with Crippen molar-refractivity contribution in [1.82, 2.24) is 24.6 Å². The third-order valence-electron chi connectivity index (χ3n) is 8.59. The number of rotatable bonds is 12. The predicted octanol–water partition coefficient (Wildman–Crippen LogP) is 7.71. The summed E-state index contributed by atoms with van der Waals surface area (Å²) in [5.41, 5.74) is 0.787. The van der Waals surface area contributed by atoms with Crippen LogP contribution in [0.1, 0.15) is 27.0 Å². The van der Waals surface area contributed by atoms with Crippen molar-refractivity contribution in [2.45, 2.75) is 45.5 Å². The van der Waals surface area contributed by atoms with E-state index < -0.39 is 39.2 Å². The van der Waals surface area contributed by atoms with Gasteiger partial charge in [-0.3, -0.25) is 9.13 Å². The van der Waals surface area contributed by atoms with E-state index in [0.29, 0.717) is 22.7 Å². The Morgan fingerprint density at radius 1 is 0.843 bits per heavy atom. The zero-order chi connectivity index (χ0) is 35.4. The highest BCUT2D eigenvalue weighted by molar-refractivity contribution is 7.87. The van der Waals surface area contributed by atoms with Crippen molar-refractivity contribution in [2.24, 2.45) is 10.7 Å². The molecule has 5 atom stereocenters. The first-order chi connectivity index (χ1) is 24.8. The summed E-state index contributed by atoms with van der Waals surface area (Å²) in [4.78, 5) is 13.8. The van der Waals surface area contributed by atoms with Gasteiger partial charge in [0.15, 0.2) is 42.0 Å². The molecule has 262 valence electrons. The first kappa shape index (κ1) is 34.9. The fourth-order valence-electron chi connectivity index (χ4n) is 6.26. The predicted molar refractivity (Wildman–Crippen MR) is 199 cm³/mol. The number of alkyl halides is 1. The smallest absolute Gasteiger partial charge is 0.342 e. The van der Waals surface area contributed by atoms with E-state index in [1.54, 1.807) is 35.8 Å². The van der Waals surface area contributed by atoms with Gasteiger partial charge in [-0.2, -0.15) is 0 Å². The van der Waals surface area contributed by atoms with Crippen LogP contribution in [0.15, 0.2) is 139 Å². The van der Waals surface area contributed by atoms with Crippen molar-refractivity contribution < 1.29 is 23.0 Å². The number of hydrogen-bond donors (Lipinski definition) is 1. The number of fused-ring (bicyclic) bond motifs is 1. The Morgan fingerprint density at radius 3 is 1.94 bits per heavy atom. The van der Waals surface area contributed by atoms with Gasteiger partial charge in [0.05, 0.1) is 13.4 Å². The standard InChI is InChI=1S/C38H39FN6O4P2/c1-27(2)43-50(46,49-29-16-8-4-9-17-29)26-47-38-28(3)33(39)37(48-38)45-25-42-34-35(40-24-41-36(34)45)44-51(30-18-10-5-11-19-30,31-20-12-6-13-21-31)32-22-14-7-15-23-32/h4-25,27-28,33,37-38H,26H2,1-3H3,(H,43,46)/t28-,33?,37?,38?,50?/m0/s1. The number of para-hydroxylation sites is 1. The van der Waals surface area contributed by atoms with Gasteiger partial charge in [-0.25, -0.2) is 29.2 Å². The van der Waals surface area contributed by atoms with E-state index in [-0.39, 0.29) is 12.4 Å². The first-order valence-electron chi connectivity index (χ1n) is 16.8. The maximum absolute atomic E-state index is 16.1. The third kappa shape index (κ3) is 7.18. The lowest BCUT2D eigenvalue weighted by Gasteiger charge is -2.26. The monoisotopic (exact) mass is 724 g/mol. The number of imidazole rings is 1. The van der Waals surface area contributed by atoms with Crippen LogP contribution in [0.4, 0.5) is 10.2 Å². The van der Waals surface area contributed by atoms with E-state index in [4.69, 9.17) is 18.7 Å². The van der Waals surface area contributed by atoms with Crippen molar-refractivity contribution in [3.63, 3.8) is 0 Å². The molecule has 10 nitrogen and oxygen atoms in total. The van der Waals surface area contributed by atoms with Crippen LogP contribution in [0.2, 0.25) is 0 Å². The number of nitrogens with one attached hydrogen (secondary N) is 1. The molecule has 0 bridgehead atoms. The third-order valence-corrected chi connectivity index (χ3v) is 14.1. The van der Waals surface area contributed by atoms with E-state index in [1.807, 2.05) is 74.5 Å². The minimum atomic E-state index is -3.54. The van der Waals surface area contributed by atoms with Crippen LogP contribution in [-0.4, -0.2) is 44.4 Å². The lowest BCUT2D eigenvalue weighted by molar-refractivity contribution is -0.152. The molecule has 7 rings (SSSR count). The van der Waals surface area contributed by atoms with E-state index >= 15 is 4.39 Å². The zero-order valence-electron chi connectivity index (χ0n) is 28.4. The number of hydrogen-bond acceptors (Lipinski definition) is 8. The molecule has 1 fully saturated rings. The molecule has 0 saturated carbocycles. The minimum Gasteiger partial charge on any atom is -0.431 e. The van der Waals surface area contributed by atoms with E-state index in [2.05, 4.69) is 56.4 Å². The normalized spacial score (nSPS) is 20.3. The average molecular weight is 725 g/mol. The summed E-state index contributed by atoms with van der Waals surface area (Å²) in [6.45, 7) is 5.42. The highest BCUT2D eigenvalue weighted by Gasteiger charge is 2.46. The number of ether oxygens (including phenoxy) is 2. The SMILES string of the molecule is CC(C)NP(=O)(COC1OC(n2cnc3c(N=P(c4ccccc4)(c4ccccc4)c4ccccc4)ncnc32)C(F)[C@@H]1C)Oc1ccccc1. The maximum atomic E-state index is 16.1. The van der Waals surface area contributed by atoms with Gasteiger partial charge in [0.1, 0.15) is 12.1 Å². The fourth-order valence-corrected chi connectivity index (χ4v) is 11.5. The van der Waals surface area contributed by atoms with Crippen LogP contribution in [0, 0.1) is 5.92 Å². The van der Waals surface area contributed by atoms with Crippen LogP contribution in [0.3, 0.4) is 0 Å². The second-order valence-electron chi connectivity index (χ2n) is 12.6. The van der Waals surface area contributed by atoms with Crippen LogP contribution in [-0.2, 0) is 14.0 Å². The summed E-state index contributed by atoms with van der Waals surface area (Å²) in [7, 11) is -6.21. The van der Waals surface area contributed by atoms with Crippen LogP contribution in [0.25, 0.3) is 11.2 Å². The molecular formula is C38H39FN6O4P2. The minimum absolute atomic E-state index is 0.157. The summed E-state index contributed by atoms with van der Waals surface area (Å²) in [5, 5.41) is 6.14. The molecule has 1 saturated heterocycles. The Bertz CT molecular complexity index is 2070. The van der Waals surface area contributed by atoms with Gasteiger partial charge < -0.3 is 14.0 Å². The van der Waals surface area contributed by atoms with Crippen molar-refractivity contribution in [3.8, 4) is 5.75 Å². The number of aromatic nitrogens is 4. The quantitative estimate of drug-likeness (QED) is 0.128. The van der Waals surface area contributed by atoms with E-state index in [9.17, 15) is 4.57 Å². The summed E-state index contributed by atoms with van der Waals surface area (Å²) < 4.78 is 55.1. The number of benzene rings is 4. The lowest BCUT2D eigenvalue weighted by atomic mass is 10.1. The highest BCUT2D eigenvalue weighted by atomic mass is 31.2. The van der Waals surface area contributed by atoms with Crippen molar-refractivity contribution in [1.29, 1.82) is 0 Å². The lowest BCUT2D eigenvalue weighted by Crippen LogP contribution is -2.28. The molecule has 3 heterocycles. The molecule has 0 amide bonds. The summed E-state index contributed by atoms with van der Waals surface area (Å²) in [6.07, 6.45) is -1.01. The molecule has 51 heavy (non-hydrogen) atoms. The molecule has 13 heteroatoms. The highest BCUT2D eigenvalue weighted by Crippen LogP contribution is 2.50. The summed E-state index contributed by atoms with van der Waals surface area (Å²) in [6, 6.07) is 39.3. The molecule has 4 aromatic carbocycles. The Balaban J connectivity index is 1.24. The molecular weight excluding hydrogens is 685 g/mol. The van der Waals surface area contributed by atoms with E-state index in [0.717, 1.165) is 15.9 Å². The van der Waals surface area contributed by atoms with Crippen molar-refractivity contribution in [3.05, 3.63) is 134 Å². The Labute approximate surface area is 296 Å². The van der Waals surface area contributed by atoms with Crippen molar-refractivity contribution >= 4 is 47.5 Å². The molecule has 1 N–H and O–H groups in total. The van der Waals surface area contributed by atoms with Gasteiger partial charge in [0.2, 0.25) is 0 Å². The molecule has 6 aromatic rings. The number of nitrogens with zero attached hydrogens (tertiary/aromatic N) is 5. The molecule has 1 aliphatic rings. The summed E-state index contributed by atoms with van der Waals surface area (Å²) >= 11 is 0. The summed E-state index contributed by atoms with van der Waals surface area (Å²) in [5.74, 6) is 0.121. The maximum Gasteiger partial charge on any atom is 0.342 e. The van der Waals surface area contributed by atoms with Crippen LogP contribution >= 0.6 is 14.6 Å².